The van der Waals surface area contributed by atoms with Crippen LogP contribution in [0.5, 0.6) is 0 Å². The third-order valence-corrected chi connectivity index (χ3v) is 2.95. The van der Waals surface area contributed by atoms with Gasteiger partial charge in [-0.05, 0) is 26.2 Å². The molecule has 0 aromatic heterocycles. The van der Waals surface area contributed by atoms with Gasteiger partial charge in [-0.1, -0.05) is 13.3 Å². The molecule has 0 radical (unpaired) electrons. The monoisotopic (exact) mass is 242 g/mol. The van der Waals surface area contributed by atoms with Gasteiger partial charge in [0.2, 0.25) is 0 Å². The van der Waals surface area contributed by atoms with E-state index < -0.39 is 6.10 Å². The zero-order chi connectivity index (χ0) is 12.7. The van der Waals surface area contributed by atoms with Crippen LogP contribution < -0.4 is 0 Å². The van der Waals surface area contributed by atoms with Crippen molar-refractivity contribution in [1.29, 1.82) is 0 Å². The Morgan fingerprint density at radius 1 is 1.35 bits per heavy atom. The Morgan fingerprint density at radius 3 is 2.53 bits per heavy atom. The molecule has 0 bridgehead atoms. The smallest absolute Gasteiger partial charge is 0.335 e. The quantitative estimate of drug-likeness (QED) is 0.670. The Morgan fingerprint density at radius 2 is 2.00 bits per heavy atom. The van der Waals surface area contributed by atoms with E-state index in [9.17, 15) is 9.59 Å². The van der Waals surface area contributed by atoms with Crippen LogP contribution in [0.4, 0.5) is 0 Å². The fourth-order valence-corrected chi connectivity index (χ4v) is 2.02. The van der Waals surface area contributed by atoms with Gasteiger partial charge in [0, 0.05) is 12.8 Å². The maximum Gasteiger partial charge on any atom is 0.335 e. The molecule has 1 aliphatic carbocycles. The number of carbonyl (C=O) groups excluding carboxylic acids is 2. The van der Waals surface area contributed by atoms with Gasteiger partial charge in [0.1, 0.15) is 5.78 Å². The molecule has 0 aromatic rings. The number of Topliss-reactive ketones (excluding diaryl/α,β-unsaturated/α-hetero) is 1. The SMILES string of the molecule is CCCC(OC1CCC(=O)CC1)C(=O)OCC. The van der Waals surface area contributed by atoms with Crippen molar-refractivity contribution in [3.05, 3.63) is 0 Å². The third kappa shape index (κ3) is 4.86. The van der Waals surface area contributed by atoms with Crippen molar-refractivity contribution in [2.45, 2.75) is 64.6 Å². The molecule has 98 valence electrons. The molecule has 1 aliphatic rings. The average molecular weight is 242 g/mol. The molecule has 1 rings (SSSR count). The van der Waals surface area contributed by atoms with Crippen LogP contribution in [-0.4, -0.2) is 30.6 Å². The minimum absolute atomic E-state index is 0.0358. The van der Waals surface area contributed by atoms with Gasteiger partial charge in [-0.2, -0.15) is 0 Å². The van der Waals surface area contributed by atoms with Gasteiger partial charge in [-0.25, -0.2) is 4.79 Å². The second kappa shape index (κ2) is 7.43. The second-order valence-electron chi connectivity index (χ2n) is 4.40. The summed E-state index contributed by atoms with van der Waals surface area (Å²) in [7, 11) is 0. The van der Waals surface area contributed by atoms with Gasteiger partial charge >= 0.3 is 5.97 Å². The van der Waals surface area contributed by atoms with Crippen LogP contribution in [0.1, 0.15) is 52.4 Å². The number of esters is 1. The average Bonchev–Trinajstić information content (AvgIpc) is 2.31. The van der Waals surface area contributed by atoms with Gasteiger partial charge in [-0.15, -0.1) is 0 Å². The molecule has 4 heteroatoms. The van der Waals surface area contributed by atoms with E-state index in [4.69, 9.17) is 9.47 Å². The number of ether oxygens (including phenoxy) is 2. The molecule has 4 nitrogen and oxygen atoms in total. The van der Waals surface area contributed by atoms with Crippen LogP contribution in [0, 0.1) is 0 Å². The highest BCUT2D eigenvalue weighted by Gasteiger charge is 2.26. The molecular weight excluding hydrogens is 220 g/mol. The zero-order valence-corrected chi connectivity index (χ0v) is 10.7. The van der Waals surface area contributed by atoms with Crippen molar-refractivity contribution in [3.63, 3.8) is 0 Å². The predicted octanol–water partition coefficient (Wildman–Crippen LogP) is 2.25. The first kappa shape index (κ1) is 14.2. The summed E-state index contributed by atoms with van der Waals surface area (Å²) in [5.74, 6) is 0.0271. The first-order valence-electron chi connectivity index (χ1n) is 6.51. The Balaban J connectivity index is 2.42. The van der Waals surface area contributed by atoms with Crippen LogP contribution in [0.15, 0.2) is 0 Å². The maximum atomic E-state index is 11.7. The van der Waals surface area contributed by atoms with E-state index in [2.05, 4.69) is 0 Å². The molecule has 1 fully saturated rings. The van der Waals surface area contributed by atoms with Crippen molar-refractivity contribution >= 4 is 11.8 Å². The molecule has 0 amide bonds. The lowest BCUT2D eigenvalue weighted by molar-refractivity contribution is -0.162. The Labute approximate surface area is 103 Å². The predicted molar refractivity (Wildman–Crippen MR) is 63.7 cm³/mol. The summed E-state index contributed by atoms with van der Waals surface area (Å²) in [6.45, 7) is 4.19. The van der Waals surface area contributed by atoms with Gasteiger partial charge in [0.15, 0.2) is 6.10 Å². The summed E-state index contributed by atoms with van der Waals surface area (Å²) in [6.07, 6.45) is 3.76. The van der Waals surface area contributed by atoms with E-state index in [1.165, 1.54) is 0 Å². The lowest BCUT2D eigenvalue weighted by atomic mass is 9.96. The molecular formula is C13H22O4. The molecule has 0 saturated heterocycles. The Kier molecular flexibility index (Phi) is 6.19. The first-order valence-corrected chi connectivity index (χ1v) is 6.51. The maximum absolute atomic E-state index is 11.7. The fraction of sp³-hybridized carbons (Fsp3) is 0.846. The van der Waals surface area contributed by atoms with Crippen LogP contribution in [0.25, 0.3) is 0 Å². The summed E-state index contributed by atoms with van der Waals surface area (Å²) in [5, 5.41) is 0. The van der Waals surface area contributed by atoms with E-state index in [1.54, 1.807) is 6.92 Å². The van der Waals surface area contributed by atoms with Crippen LogP contribution in [0.2, 0.25) is 0 Å². The molecule has 1 saturated carbocycles. The van der Waals surface area contributed by atoms with Gasteiger partial charge in [-0.3, -0.25) is 4.79 Å². The summed E-state index contributed by atoms with van der Waals surface area (Å²) in [4.78, 5) is 22.8. The van der Waals surface area contributed by atoms with E-state index in [0.717, 1.165) is 19.3 Å². The zero-order valence-electron chi connectivity index (χ0n) is 10.7. The second-order valence-corrected chi connectivity index (χ2v) is 4.40. The lowest BCUT2D eigenvalue weighted by Crippen LogP contribution is -2.33. The van der Waals surface area contributed by atoms with Crippen molar-refractivity contribution in [2.75, 3.05) is 6.61 Å². The van der Waals surface area contributed by atoms with Crippen molar-refractivity contribution in [1.82, 2.24) is 0 Å². The highest BCUT2D eigenvalue weighted by atomic mass is 16.6. The van der Waals surface area contributed by atoms with E-state index in [0.29, 0.717) is 31.7 Å². The van der Waals surface area contributed by atoms with Crippen molar-refractivity contribution in [2.24, 2.45) is 0 Å². The first-order chi connectivity index (χ1) is 8.17. The van der Waals surface area contributed by atoms with Crippen molar-refractivity contribution in [3.8, 4) is 0 Å². The number of ketones is 1. The van der Waals surface area contributed by atoms with Crippen LogP contribution >= 0.6 is 0 Å². The fourth-order valence-electron chi connectivity index (χ4n) is 2.02. The molecule has 1 atom stereocenters. The van der Waals surface area contributed by atoms with Crippen LogP contribution in [-0.2, 0) is 19.1 Å². The van der Waals surface area contributed by atoms with Gasteiger partial charge in [0.05, 0.1) is 12.7 Å². The summed E-state index contributed by atoms with van der Waals surface area (Å²) < 4.78 is 10.8. The summed E-state index contributed by atoms with van der Waals surface area (Å²) in [5.41, 5.74) is 0. The molecule has 1 unspecified atom stereocenters. The number of hydrogen-bond donors (Lipinski definition) is 0. The number of hydrogen-bond acceptors (Lipinski definition) is 4. The molecule has 0 spiro atoms. The van der Waals surface area contributed by atoms with E-state index in [1.807, 2.05) is 6.92 Å². The molecule has 0 heterocycles. The highest BCUT2D eigenvalue weighted by molar-refractivity contribution is 5.79. The van der Waals surface area contributed by atoms with E-state index >= 15 is 0 Å². The van der Waals surface area contributed by atoms with Crippen molar-refractivity contribution < 1.29 is 19.1 Å². The molecule has 0 N–H and O–H groups in total. The normalized spacial score (nSPS) is 19.1. The minimum atomic E-state index is -0.460. The number of carbonyl (C=O) groups is 2. The Bertz CT molecular complexity index is 252. The van der Waals surface area contributed by atoms with Gasteiger partial charge < -0.3 is 9.47 Å². The largest absolute Gasteiger partial charge is 0.464 e. The number of rotatable bonds is 6. The lowest BCUT2D eigenvalue weighted by Gasteiger charge is -2.25. The third-order valence-electron chi connectivity index (χ3n) is 2.95. The van der Waals surface area contributed by atoms with E-state index in [-0.39, 0.29) is 12.1 Å². The molecule has 17 heavy (non-hydrogen) atoms. The van der Waals surface area contributed by atoms with Gasteiger partial charge in [0.25, 0.3) is 0 Å². The molecule has 0 aliphatic heterocycles. The summed E-state index contributed by atoms with van der Waals surface area (Å²) in [6, 6.07) is 0. The topological polar surface area (TPSA) is 52.6 Å². The minimum Gasteiger partial charge on any atom is -0.464 e. The highest BCUT2D eigenvalue weighted by Crippen LogP contribution is 2.21. The molecule has 0 aromatic carbocycles. The summed E-state index contributed by atoms with van der Waals surface area (Å²) >= 11 is 0. The van der Waals surface area contributed by atoms with Crippen LogP contribution in [0.3, 0.4) is 0 Å². The Hall–Kier alpha value is -0.900. The standard InChI is InChI=1S/C13H22O4/c1-3-5-12(13(15)16-4-2)17-11-8-6-10(14)7-9-11/h11-12H,3-9H2,1-2H3.